The number of ether oxygens (including phenoxy) is 1. The summed E-state index contributed by atoms with van der Waals surface area (Å²) in [6.45, 7) is 13.1. The summed E-state index contributed by atoms with van der Waals surface area (Å²) in [5.74, 6) is 0.0385. The van der Waals surface area contributed by atoms with Crippen molar-refractivity contribution in [3.05, 3.63) is 57.7 Å². The van der Waals surface area contributed by atoms with Gasteiger partial charge in [0, 0.05) is 73.8 Å². The van der Waals surface area contributed by atoms with Gasteiger partial charge < -0.3 is 19.5 Å². The SMILES string of the molecule is CCCc1cnc(C(C)OC)c(-c2c(CC(C)C)c3cc(-c4csc(CC(NC(=O)C(C5CCCC5)N(C)C=O)C(=O)N5CCCCN5)n4)ccc3n2CC)c1. The van der Waals surface area contributed by atoms with Gasteiger partial charge in [-0.05, 0) is 93.5 Å². The predicted molar refractivity (Wildman–Crippen MR) is 224 cm³/mol. The molecule has 11 nitrogen and oxygen atoms in total. The third-order valence-corrected chi connectivity index (χ3v) is 12.4. The van der Waals surface area contributed by atoms with Gasteiger partial charge in [0.2, 0.25) is 12.3 Å². The number of benzene rings is 1. The minimum atomic E-state index is -0.821. The Kier molecular flexibility index (Phi) is 14.0. The van der Waals surface area contributed by atoms with Gasteiger partial charge in [-0.15, -0.1) is 11.3 Å². The molecule has 1 saturated heterocycles. The number of carbonyl (C=O) groups is 3. The normalized spacial score (nSPS) is 16.7. The van der Waals surface area contributed by atoms with Crippen LogP contribution < -0.4 is 10.7 Å². The van der Waals surface area contributed by atoms with Crippen molar-refractivity contribution in [2.45, 2.75) is 124 Å². The van der Waals surface area contributed by atoms with Gasteiger partial charge in [0.1, 0.15) is 12.1 Å². The summed E-state index contributed by atoms with van der Waals surface area (Å²) in [7, 11) is 3.40. The summed E-state index contributed by atoms with van der Waals surface area (Å²) in [4.78, 5) is 51.4. The lowest BCUT2D eigenvalue weighted by Gasteiger charge is -2.33. The van der Waals surface area contributed by atoms with Crippen LogP contribution in [0.3, 0.4) is 0 Å². The molecule has 3 unspecified atom stereocenters. The number of hydrogen-bond donors (Lipinski definition) is 2. The summed E-state index contributed by atoms with van der Waals surface area (Å²) in [6, 6.07) is 7.51. The van der Waals surface area contributed by atoms with E-state index in [0.717, 1.165) is 98.3 Å². The number of pyridine rings is 1. The largest absolute Gasteiger partial charge is 0.375 e. The molecule has 3 atom stereocenters. The molecule has 0 spiro atoms. The molecule has 12 heteroatoms. The van der Waals surface area contributed by atoms with E-state index in [9.17, 15) is 14.4 Å². The van der Waals surface area contributed by atoms with E-state index in [1.807, 2.05) is 6.20 Å². The van der Waals surface area contributed by atoms with Crippen LogP contribution >= 0.6 is 11.3 Å². The van der Waals surface area contributed by atoms with Crippen molar-refractivity contribution >= 4 is 40.5 Å². The molecule has 2 aliphatic rings. The molecular weight excluding hydrogens is 723 g/mol. The summed E-state index contributed by atoms with van der Waals surface area (Å²) < 4.78 is 8.28. The van der Waals surface area contributed by atoms with E-state index in [0.29, 0.717) is 19.0 Å². The van der Waals surface area contributed by atoms with E-state index in [-0.39, 0.29) is 30.3 Å². The van der Waals surface area contributed by atoms with Crippen molar-refractivity contribution in [3.63, 3.8) is 0 Å². The van der Waals surface area contributed by atoms with Gasteiger partial charge in [-0.25, -0.2) is 10.4 Å². The number of thiazole rings is 1. The van der Waals surface area contributed by atoms with Crippen LogP contribution in [0.4, 0.5) is 0 Å². The van der Waals surface area contributed by atoms with Crippen LogP contribution in [0.15, 0.2) is 35.8 Å². The maximum Gasteiger partial charge on any atom is 0.259 e. The quantitative estimate of drug-likeness (QED) is 0.106. The summed E-state index contributed by atoms with van der Waals surface area (Å²) in [5.41, 5.74) is 12.1. The lowest BCUT2D eigenvalue weighted by Crippen LogP contribution is -2.59. The van der Waals surface area contributed by atoms with Crippen LogP contribution in [0.2, 0.25) is 0 Å². The summed E-state index contributed by atoms with van der Waals surface area (Å²) in [6.07, 6.45) is 11.5. The van der Waals surface area contributed by atoms with Gasteiger partial charge >= 0.3 is 0 Å². The molecule has 3 amide bonds. The number of nitrogens with zero attached hydrogens (tertiary/aromatic N) is 5. The predicted octanol–water partition coefficient (Wildman–Crippen LogP) is 7.51. The highest BCUT2D eigenvalue weighted by atomic mass is 32.1. The Morgan fingerprint density at radius 2 is 1.89 bits per heavy atom. The molecule has 4 heterocycles. The molecule has 302 valence electrons. The number of hydrazine groups is 1. The number of methoxy groups -OCH3 is 1. The van der Waals surface area contributed by atoms with Crippen molar-refractivity contribution in [2.75, 3.05) is 27.2 Å². The molecule has 0 radical (unpaired) electrons. The fourth-order valence-electron chi connectivity index (χ4n) is 8.71. The zero-order chi connectivity index (χ0) is 39.9. The average Bonchev–Trinajstić information content (AvgIpc) is 3.97. The van der Waals surface area contributed by atoms with E-state index >= 15 is 0 Å². The molecule has 6 rings (SSSR count). The van der Waals surface area contributed by atoms with Crippen molar-refractivity contribution in [2.24, 2.45) is 11.8 Å². The van der Waals surface area contributed by atoms with E-state index in [4.69, 9.17) is 14.7 Å². The Bertz CT molecular complexity index is 1980. The zero-order valence-electron chi connectivity index (χ0n) is 34.4. The van der Waals surface area contributed by atoms with Gasteiger partial charge in [-0.1, -0.05) is 46.1 Å². The molecule has 3 aromatic heterocycles. The second-order valence-electron chi connectivity index (χ2n) is 16.1. The number of fused-ring (bicyclic) bond motifs is 1. The number of carbonyl (C=O) groups excluding carboxylic acids is 3. The van der Waals surface area contributed by atoms with Gasteiger partial charge in [-0.3, -0.25) is 24.4 Å². The number of hydrogen-bond acceptors (Lipinski definition) is 8. The molecule has 56 heavy (non-hydrogen) atoms. The average molecular weight is 784 g/mol. The monoisotopic (exact) mass is 783 g/mol. The second-order valence-corrected chi connectivity index (χ2v) is 17.0. The van der Waals surface area contributed by atoms with Gasteiger partial charge in [-0.2, -0.15) is 0 Å². The molecule has 1 saturated carbocycles. The molecule has 1 aliphatic heterocycles. The van der Waals surface area contributed by atoms with Crippen molar-refractivity contribution in [1.29, 1.82) is 0 Å². The van der Waals surface area contributed by atoms with Crippen LogP contribution in [-0.2, 0) is 44.9 Å². The fourth-order valence-corrected chi connectivity index (χ4v) is 9.56. The maximum absolute atomic E-state index is 14.0. The fraction of sp³-hybridized carbons (Fsp3) is 0.568. The van der Waals surface area contributed by atoms with E-state index in [1.54, 1.807) is 19.2 Å². The van der Waals surface area contributed by atoms with Crippen LogP contribution in [0.25, 0.3) is 33.4 Å². The lowest BCUT2D eigenvalue weighted by atomic mass is 9.93. The molecule has 2 fully saturated rings. The van der Waals surface area contributed by atoms with Crippen LogP contribution in [-0.4, -0.2) is 82.0 Å². The molecule has 0 bridgehead atoms. The van der Waals surface area contributed by atoms with Crippen molar-refractivity contribution in [3.8, 4) is 22.5 Å². The van der Waals surface area contributed by atoms with E-state index in [2.05, 4.69) is 79.6 Å². The Balaban J connectivity index is 1.36. The third-order valence-electron chi connectivity index (χ3n) is 11.5. The topological polar surface area (TPSA) is 122 Å². The molecule has 4 aromatic rings. The van der Waals surface area contributed by atoms with Gasteiger partial charge in [0.15, 0.2) is 0 Å². The Morgan fingerprint density at radius 1 is 1.11 bits per heavy atom. The first-order valence-electron chi connectivity index (χ1n) is 20.7. The zero-order valence-corrected chi connectivity index (χ0v) is 35.2. The van der Waals surface area contributed by atoms with Crippen LogP contribution in [0.5, 0.6) is 0 Å². The van der Waals surface area contributed by atoms with Gasteiger partial charge in [0.25, 0.3) is 5.91 Å². The molecule has 1 aliphatic carbocycles. The first kappa shape index (κ1) is 41.5. The standard InChI is InChI=1S/C44H61N7O4S/c1-8-14-30-22-35(40(45-25-30)29(5)55-7)42-34(21-28(3)4)33-23-32(17-18-38(33)50(42)9-2)37-26-56-39(47-37)24-36(44(54)51-20-13-12-19-46-51)48-43(53)41(49(6)27-52)31-15-10-11-16-31/h17-18,22-23,25-29,31,36,41,46H,8-16,19-21,24H2,1-7H3,(H,48,53). The maximum atomic E-state index is 14.0. The Labute approximate surface area is 336 Å². The number of rotatable bonds is 17. The number of aryl methyl sites for hydroxylation is 2. The van der Waals surface area contributed by atoms with E-state index < -0.39 is 12.1 Å². The number of nitrogens with one attached hydrogen (secondary N) is 2. The summed E-state index contributed by atoms with van der Waals surface area (Å²) in [5, 5.41) is 8.76. The smallest absolute Gasteiger partial charge is 0.259 e. The van der Waals surface area contributed by atoms with Crippen molar-refractivity contribution in [1.82, 2.24) is 35.2 Å². The van der Waals surface area contributed by atoms with Gasteiger partial charge in [0.05, 0.1) is 28.2 Å². The Hall–Kier alpha value is -4.13. The number of likely N-dealkylation sites (N-methyl/N-ethyl adjacent to an activating group) is 1. The van der Waals surface area contributed by atoms with Crippen LogP contribution in [0, 0.1) is 11.8 Å². The lowest BCUT2D eigenvalue weighted by molar-refractivity contribution is -0.142. The van der Waals surface area contributed by atoms with Crippen molar-refractivity contribution < 1.29 is 19.1 Å². The molecule has 1 aromatic carbocycles. The third kappa shape index (κ3) is 9.03. The highest BCUT2D eigenvalue weighted by molar-refractivity contribution is 7.10. The second kappa shape index (κ2) is 18.9. The number of aromatic nitrogens is 3. The highest BCUT2D eigenvalue weighted by Crippen LogP contribution is 2.41. The summed E-state index contributed by atoms with van der Waals surface area (Å²) >= 11 is 1.50. The number of amides is 3. The molecule has 2 N–H and O–H groups in total. The van der Waals surface area contributed by atoms with Crippen LogP contribution in [0.1, 0.15) is 107 Å². The Morgan fingerprint density at radius 3 is 2.55 bits per heavy atom. The highest BCUT2D eigenvalue weighted by Gasteiger charge is 2.37. The first-order chi connectivity index (χ1) is 27.1. The van der Waals surface area contributed by atoms with E-state index in [1.165, 1.54) is 44.0 Å². The first-order valence-corrected chi connectivity index (χ1v) is 21.6. The molecular formula is C44H61N7O4S. The minimum Gasteiger partial charge on any atom is -0.375 e. The minimum absolute atomic E-state index is 0.0747.